The molecule has 0 spiro atoms. The molecule has 0 aromatic rings. The van der Waals surface area contributed by atoms with E-state index in [4.69, 9.17) is 0 Å². The molecule has 1 aliphatic rings. The van der Waals surface area contributed by atoms with Crippen LogP contribution in [-0.2, 0) is 9.59 Å². The number of Topliss-reactive ketones (excluding diaryl/α,β-unsaturated/α-hetero) is 1. The van der Waals surface area contributed by atoms with E-state index in [0.29, 0.717) is 12.5 Å². The molecule has 3 nitrogen and oxygen atoms in total. The predicted molar refractivity (Wildman–Crippen MR) is 59.4 cm³/mol. The molecule has 0 aromatic carbocycles. The lowest BCUT2D eigenvalue weighted by molar-refractivity contribution is -0.127. The second kappa shape index (κ2) is 3.62. The van der Waals surface area contributed by atoms with Crippen LogP contribution in [0.1, 0.15) is 41.0 Å². The van der Waals surface area contributed by atoms with E-state index in [1.165, 1.54) is 6.92 Å². The van der Waals surface area contributed by atoms with Crippen molar-refractivity contribution in [2.45, 2.75) is 41.0 Å². The summed E-state index contributed by atoms with van der Waals surface area (Å²) in [6, 6.07) is 0. The first-order chi connectivity index (χ1) is 6.69. The van der Waals surface area contributed by atoms with Gasteiger partial charge in [0.05, 0.1) is 6.42 Å². The van der Waals surface area contributed by atoms with Gasteiger partial charge in [-0.1, -0.05) is 27.7 Å². The summed E-state index contributed by atoms with van der Waals surface area (Å²) in [5.41, 5.74) is 0.576. The Kier molecular flexibility index (Phi) is 2.94. The molecule has 0 unspecified atom stereocenters. The zero-order chi connectivity index (χ0) is 11.9. The van der Waals surface area contributed by atoms with E-state index in [1.54, 1.807) is 0 Å². The highest BCUT2D eigenvalue weighted by Gasteiger charge is 2.64. The van der Waals surface area contributed by atoms with Gasteiger partial charge in [0.15, 0.2) is 0 Å². The standard InChI is InChI=1S/C12H21NO2/c1-8(14)6-10(15)13-7-9-11(2,3)12(9,4)5/h9H,6-7H2,1-5H3,(H,13,15). The Morgan fingerprint density at radius 1 is 1.13 bits per heavy atom. The molecule has 1 N–H and O–H groups in total. The van der Waals surface area contributed by atoms with Crippen molar-refractivity contribution in [3.8, 4) is 0 Å². The van der Waals surface area contributed by atoms with E-state index in [1.807, 2.05) is 0 Å². The number of carbonyl (C=O) groups is 2. The van der Waals surface area contributed by atoms with Gasteiger partial charge in [0, 0.05) is 6.54 Å². The molecule has 15 heavy (non-hydrogen) atoms. The van der Waals surface area contributed by atoms with Crippen molar-refractivity contribution in [3.63, 3.8) is 0 Å². The van der Waals surface area contributed by atoms with Crippen molar-refractivity contribution >= 4 is 11.7 Å². The summed E-state index contributed by atoms with van der Waals surface area (Å²) < 4.78 is 0. The molecule has 1 aliphatic carbocycles. The minimum Gasteiger partial charge on any atom is -0.355 e. The largest absolute Gasteiger partial charge is 0.355 e. The highest BCUT2D eigenvalue weighted by Crippen LogP contribution is 2.67. The first-order valence-electron chi connectivity index (χ1n) is 5.45. The van der Waals surface area contributed by atoms with E-state index < -0.39 is 0 Å². The van der Waals surface area contributed by atoms with E-state index in [9.17, 15) is 9.59 Å². The average molecular weight is 211 g/mol. The topological polar surface area (TPSA) is 46.2 Å². The zero-order valence-electron chi connectivity index (χ0n) is 10.3. The summed E-state index contributed by atoms with van der Waals surface area (Å²) in [4.78, 5) is 22.0. The Morgan fingerprint density at radius 2 is 1.60 bits per heavy atom. The molecule has 1 rings (SSSR count). The summed E-state index contributed by atoms with van der Waals surface area (Å²) in [5, 5.41) is 2.83. The second-order valence-corrected chi connectivity index (χ2v) is 5.68. The third-order valence-electron chi connectivity index (χ3n) is 4.23. The monoisotopic (exact) mass is 211 g/mol. The summed E-state index contributed by atoms with van der Waals surface area (Å²) in [7, 11) is 0. The fourth-order valence-corrected chi connectivity index (χ4v) is 2.35. The smallest absolute Gasteiger partial charge is 0.227 e. The van der Waals surface area contributed by atoms with E-state index >= 15 is 0 Å². The Morgan fingerprint density at radius 3 is 1.93 bits per heavy atom. The number of rotatable bonds is 4. The number of carbonyl (C=O) groups excluding carboxylic acids is 2. The summed E-state index contributed by atoms with van der Waals surface area (Å²) >= 11 is 0. The molecule has 0 atom stereocenters. The molecule has 3 heteroatoms. The Labute approximate surface area is 91.6 Å². The van der Waals surface area contributed by atoms with Crippen LogP contribution >= 0.6 is 0 Å². The van der Waals surface area contributed by atoms with Crippen molar-refractivity contribution in [3.05, 3.63) is 0 Å². The molecular weight excluding hydrogens is 190 g/mol. The maximum Gasteiger partial charge on any atom is 0.227 e. The zero-order valence-corrected chi connectivity index (χ0v) is 10.3. The maximum atomic E-state index is 11.3. The summed E-state index contributed by atoms with van der Waals surface area (Å²) in [6.07, 6.45) is 0.00752. The number of hydrogen-bond acceptors (Lipinski definition) is 2. The molecule has 0 bridgehead atoms. The van der Waals surface area contributed by atoms with Crippen molar-refractivity contribution in [1.82, 2.24) is 5.32 Å². The molecule has 0 saturated heterocycles. The molecule has 0 heterocycles. The van der Waals surface area contributed by atoms with Gasteiger partial charge in [-0.2, -0.15) is 0 Å². The number of amides is 1. The van der Waals surface area contributed by atoms with E-state index in [0.717, 1.165) is 0 Å². The second-order valence-electron chi connectivity index (χ2n) is 5.68. The van der Waals surface area contributed by atoms with Crippen molar-refractivity contribution < 1.29 is 9.59 Å². The summed E-state index contributed by atoms with van der Waals surface area (Å²) in [6.45, 7) is 11.0. The van der Waals surface area contributed by atoms with E-state index in [-0.39, 0.29) is 28.9 Å². The first-order valence-corrected chi connectivity index (χ1v) is 5.45. The van der Waals surface area contributed by atoms with Gasteiger partial charge < -0.3 is 5.32 Å². The molecule has 86 valence electrons. The molecule has 1 amide bonds. The number of nitrogens with one attached hydrogen (secondary N) is 1. The Hall–Kier alpha value is -0.860. The van der Waals surface area contributed by atoms with Crippen LogP contribution in [0.3, 0.4) is 0 Å². The number of ketones is 1. The van der Waals surface area contributed by atoms with Gasteiger partial charge in [0.2, 0.25) is 5.91 Å². The van der Waals surface area contributed by atoms with Gasteiger partial charge in [-0.15, -0.1) is 0 Å². The third-order valence-corrected chi connectivity index (χ3v) is 4.23. The van der Waals surface area contributed by atoms with Gasteiger partial charge in [0.1, 0.15) is 5.78 Å². The summed E-state index contributed by atoms with van der Waals surface area (Å²) in [5.74, 6) is 0.281. The van der Waals surface area contributed by atoms with Crippen LogP contribution in [0.15, 0.2) is 0 Å². The van der Waals surface area contributed by atoms with Crippen LogP contribution < -0.4 is 5.32 Å². The fraction of sp³-hybridized carbons (Fsp3) is 0.833. The van der Waals surface area contributed by atoms with Crippen molar-refractivity contribution in [1.29, 1.82) is 0 Å². The highest BCUT2D eigenvalue weighted by atomic mass is 16.2. The van der Waals surface area contributed by atoms with Gasteiger partial charge in [-0.05, 0) is 23.7 Å². The van der Waals surface area contributed by atoms with Crippen molar-refractivity contribution in [2.24, 2.45) is 16.7 Å². The molecule has 1 saturated carbocycles. The molecule has 0 aliphatic heterocycles. The third kappa shape index (κ3) is 2.21. The van der Waals surface area contributed by atoms with Gasteiger partial charge in [0.25, 0.3) is 0 Å². The lowest BCUT2D eigenvalue weighted by Gasteiger charge is -2.04. The van der Waals surface area contributed by atoms with Gasteiger partial charge in [-0.25, -0.2) is 0 Å². The molecule has 1 fully saturated rings. The normalized spacial score (nSPS) is 22.2. The van der Waals surface area contributed by atoms with Gasteiger partial charge in [-0.3, -0.25) is 9.59 Å². The molecule has 0 radical (unpaired) electrons. The minimum absolute atomic E-state index is 0.00752. The molecule has 0 aromatic heterocycles. The lowest BCUT2D eigenvalue weighted by atomic mass is 10.0. The fourth-order valence-electron chi connectivity index (χ4n) is 2.35. The lowest BCUT2D eigenvalue weighted by Crippen LogP contribution is -2.28. The van der Waals surface area contributed by atoms with Crippen molar-refractivity contribution in [2.75, 3.05) is 6.54 Å². The SMILES string of the molecule is CC(=O)CC(=O)NCC1C(C)(C)C1(C)C. The van der Waals surface area contributed by atoms with Gasteiger partial charge >= 0.3 is 0 Å². The quantitative estimate of drug-likeness (QED) is 0.720. The van der Waals surface area contributed by atoms with E-state index in [2.05, 4.69) is 33.0 Å². The first kappa shape index (κ1) is 12.2. The molecular formula is C12H21NO2. The van der Waals surface area contributed by atoms with Crippen LogP contribution in [0.4, 0.5) is 0 Å². The minimum atomic E-state index is -0.152. The van der Waals surface area contributed by atoms with Crippen LogP contribution in [0.25, 0.3) is 0 Å². The Balaban J connectivity index is 2.35. The average Bonchev–Trinajstić information content (AvgIpc) is 2.38. The predicted octanol–water partition coefficient (Wildman–Crippen LogP) is 1.76. The van der Waals surface area contributed by atoms with Crippen LogP contribution in [0.2, 0.25) is 0 Å². The maximum absolute atomic E-state index is 11.3. The highest BCUT2D eigenvalue weighted by molar-refractivity contribution is 5.96. The Bertz CT molecular complexity index is 278. The number of hydrogen-bond donors (Lipinski definition) is 1. The van der Waals surface area contributed by atoms with Crippen LogP contribution in [-0.4, -0.2) is 18.2 Å². The van der Waals surface area contributed by atoms with Crippen LogP contribution in [0, 0.1) is 16.7 Å². The van der Waals surface area contributed by atoms with Crippen LogP contribution in [0.5, 0.6) is 0 Å².